The van der Waals surface area contributed by atoms with Gasteiger partial charge in [0.1, 0.15) is 5.75 Å². The lowest BCUT2D eigenvalue weighted by Gasteiger charge is -2.37. The van der Waals surface area contributed by atoms with E-state index in [1.807, 2.05) is 67.3 Å². The largest absolute Gasteiger partial charge is 0.496 e. The first-order chi connectivity index (χ1) is 15.5. The van der Waals surface area contributed by atoms with E-state index in [2.05, 4.69) is 9.97 Å². The summed E-state index contributed by atoms with van der Waals surface area (Å²) >= 11 is 0. The normalized spacial score (nSPS) is 16.0. The number of nitrogens with zero attached hydrogens (tertiary/aromatic N) is 5. The lowest BCUT2D eigenvalue weighted by molar-refractivity contribution is 0.0603. The monoisotopic (exact) mass is 431 g/mol. The minimum Gasteiger partial charge on any atom is -0.496 e. The van der Waals surface area contributed by atoms with Gasteiger partial charge in [-0.3, -0.25) is 9.78 Å². The Labute approximate surface area is 189 Å². The van der Waals surface area contributed by atoms with Crippen LogP contribution in [0.25, 0.3) is 11.1 Å². The summed E-state index contributed by atoms with van der Waals surface area (Å²) in [5.74, 6) is 1.23. The van der Waals surface area contributed by atoms with Crippen molar-refractivity contribution in [1.29, 1.82) is 0 Å². The highest BCUT2D eigenvalue weighted by atomic mass is 16.5. The van der Waals surface area contributed by atoms with Gasteiger partial charge in [0.15, 0.2) is 0 Å². The first-order valence-corrected chi connectivity index (χ1v) is 10.9. The first-order valence-electron chi connectivity index (χ1n) is 10.9. The standard InChI is InChI=1S/C25H29N5O2/c1-17-8-7-9-19(23(17)32-4)24(31)30-15-6-5-10-21(30)22-20(18-11-13-26-14-12-18)16-27-25(28-22)29(2)3/h7-9,11-14,16,21H,5-6,10,15H2,1-4H3. The van der Waals surface area contributed by atoms with Gasteiger partial charge in [-0.2, -0.15) is 0 Å². The number of benzene rings is 1. The zero-order chi connectivity index (χ0) is 22.7. The van der Waals surface area contributed by atoms with Crippen LogP contribution in [0, 0.1) is 6.92 Å². The number of hydrogen-bond donors (Lipinski definition) is 0. The number of ether oxygens (including phenoxy) is 1. The minimum absolute atomic E-state index is 0.0269. The molecule has 0 aliphatic carbocycles. The first kappa shape index (κ1) is 21.7. The molecule has 0 saturated carbocycles. The van der Waals surface area contributed by atoms with Gasteiger partial charge in [-0.1, -0.05) is 12.1 Å². The van der Waals surface area contributed by atoms with E-state index in [4.69, 9.17) is 9.72 Å². The Bertz CT molecular complexity index is 1100. The average molecular weight is 432 g/mol. The van der Waals surface area contributed by atoms with E-state index >= 15 is 0 Å². The summed E-state index contributed by atoms with van der Waals surface area (Å²) in [6.45, 7) is 2.64. The van der Waals surface area contributed by atoms with E-state index in [0.717, 1.165) is 41.6 Å². The van der Waals surface area contributed by atoms with E-state index in [1.54, 1.807) is 19.5 Å². The third kappa shape index (κ3) is 4.15. The number of likely N-dealkylation sites (tertiary alicyclic amines) is 1. The molecular weight excluding hydrogens is 402 g/mol. The van der Waals surface area contributed by atoms with Crippen LogP contribution in [0.2, 0.25) is 0 Å². The Balaban J connectivity index is 1.81. The van der Waals surface area contributed by atoms with Crippen LogP contribution in [0.5, 0.6) is 5.75 Å². The van der Waals surface area contributed by atoms with Crippen LogP contribution in [0.3, 0.4) is 0 Å². The smallest absolute Gasteiger partial charge is 0.258 e. The van der Waals surface area contributed by atoms with Gasteiger partial charge in [0, 0.05) is 44.8 Å². The number of hydrogen-bond acceptors (Lipinski definition) is 6. The number of para-hydroxylation sites is 1. The number of piperidine rings is 1. The molecule has 0 radical (unpaired) electrons. The van der Waals surface area contributed by atoms with E-state index in [1.165, 1.54) is 0 Å². The van der Waals surface area contributed by atoms with Crippen molar-refractivity contribution in [2.24, 2.45) is 0 Å². The summed E-state index contributed by atoms with van der Waals surface area (Å²) in [4.78, 5) is 31.2. The van der Waals surface area contributed by atoms with Gasteiger partial charge in [-0.25, -0.2) is 9.97 Å². The Morgan fingerprint density at radius 3 is 2.66 bits per heavy atom. The predicted molar refractivity (Wildman–Crippen MR) is 125 cm³/mol. The van der Waals surface area contributed by atoms with Crippen LogP contribution in [0.4, 0.5) is 5.95 Å². The number of amides is 1. The zero-order valence-corrected chi connectivity index (χ0v) is 19.1. The van der Waals surface area contributed by atoms with Crippen LogP contribution in [-0.4, -0.2) is 53.5 Å². The molecule has 0 spiro atoms. The number of carbonyl (C=O) groups excluding carboxylic acids is 1. The van der Waals surface area contributed by atoms with E-state index in [0.29, 0.717) is 23.8 Å². The molecule has 3 aromatic rings. The predicted octanol–water partition coefficient (Wildman–Crippen LogP) is 4.29. The van der Waals surface area contributed by atoms with Crippen LogP contribution in [0.1, 0.15) is 46.9 Å². The SMILES string of the molecule is COc1c(C)cccc1C(=O)N1CCCCC1c1nc(N(C)C)ncc1-c1ccncc1. The summed E-state index contributed by atoms with van der Waals surface area (Å²) in [6, 6.07) is 9.47. The third-order valence-electron chi connectivity index (χ3n) is 5.92. The second-order valence-electron chi connectivity index (χ2n) is 8.27. The highest BCUT2D eigenvalue weighted by Crippen LogP contribution is 2.38. The maximum Gasteiger partial charge on any atom is 0.258 e. The third-order valence-corrected chi connectivity index (χ3v) is 5.92. The molecule has 3 heterocycles. The molecule has 4 rings (SSSR count). The van der Waals surface area contributed by atoms with Gasteiger partial charge in [0.25, 0.3) is 5.91 Å². The molecule has 7 heteroatoms. The zero-order valence-electron chi connectivity index (χ0n) is 19.1. The highest BCUT2D eigenvalue weighted by Gasteiger charge is 2.33. The van der Waals surface area contributed by atoms with Gasteiger partial charge in [0.05, 0.1) is 24.4 Å². The topological polar surface area (TPSA) is 71.5 Å². The van der Waals surface area contributed by atoms with E-state index in [-0.39, 0.29) is 11.9 Å². The molecule has 166 valence electrons. The van der Waals surface area contributed by atoms with Gasteiger partial charge in [-0.05, 0) is 55.5 Å². The second kappa shape index (κ2) is 9.34. The minimum atomic E-state index is -0.147. The van der Waals surface area contributed by atoms with Gasteiger partial charge >= 0.3 is 0 Å². The molecule has 7 nitrogen and oxygen atoms in total. The van der Waals surface area contributed by atoms with Crippen LogP contribution >= 0.6 is 0 Å². The number of anilines is 1. The highest BCUT2D eigenvalue weighted by molar-refractivity contribution is 5.97. The number of carbonyl (C=O) groups is 1. The molecule has 1 atom stereocenters. The summed E-state index contributed by atoms with van der Waals surface area (Å²) in [7, 11) is 5.46. The quantitative estimate of drug-likeness (QED) is 0.600. The van der Waals surface area contributed by atoms with Crippen molar-refractivity contribution in [3.05, 3.63) is 65.7 Å². The summed E-state index contributed by atoms with van der Waals surface area (Å²) < 4.78 is 5.59. The van der Waals surface area contributed by atoms with Gasteiger partial charge in [0.2, 0.25) is 5.95 Å². The van der Waals surface area contributed by atoms with Crippen molar-refractivity contribution in [1.82, 2.24) is 19.9 Å². The Morgan fingerprint density at radius 2 is 1.94 bits per heavy atom. The molecule has 1 aliphatic heterocycles. The summed E-state index contributed by atoms with van der Waals surface area (Å²) in [5, 5.41) is 0. The van der Waals surface area contributed by atoms with Crippen molar-refractivity contribution >= 4 is 11.9 Å². The molecule has 0 bridgehead atoms. The van der Waals surface area contributed by atoms with Crippen molar-refractivity contribution in [2.45, 2.75) is 32.2 Å². The number of aromatic nitrogens is 3. The Kier molecular flexibility index (Phi) is 6.35. The van der Waals surface area contributed by atoms with Crippen molar-refractivity contribution in [3.8, 4) is 16.9 Å². The van der Waals surface area contributed by atoms with E-state index in [9.17, 15) is 4.79 Å². The fourth-order valence-electron chi connectivity index (χ4n) is 4.31. The van der Waals surface area contributed by atoms with Gasteiger partial charge in [-0.15, -0.1) is 0 Å². The summed E-state index contributed by atoms with van der Waals surface area (Å²) in [5.41, 5.74) is 4.33. The molecule has 0 N–H and O–H groups in total. The number of aryl methyl sites for hydroxylation is 1. The van der Waals surface area contributed by atoms with Crippen molar-refractivity contribution in [3.63, 3.8) is 0 Å². The molecule has 1 unspecified atom stereocenters. The number of pyridine rings is 1. The second-order valence-corrected chi connectivity index (χ2v) is 8.27. The van der Waals surface area contributed by atoms with Crippen LogP contribution < -0.4 is 9.64 Å². The lowest BCUT2D eigenvalue weighted by Crippen LogP contribution is -2.39. The van der Waals surface area contributed by atoms with Crippen LogP contribution in [-0.2, 0) is 0 Å². The molecular formula is C25H29N5O2. The fourth-order valence-corrected chi connectivity index (χ4v) is 4.31. The molecule has 1 aromatic carbocycles. The molecule has 1 aliphatic rings. The summed E-state index contributed by atoms with van der Waals surface area (Å²) in [6.07, 6.45) is 8.24. The Morgan fingerprint density at radius 1 is 1.16 bits per heavy atom. The molecule has 32 heavy (non-hydrogen) atoms. The molecule has 2 aromatic heterocycles. The maximum absolute atomic E-state index is 13.8. The fraction of sp³-hybridized carbons (Fsp3) is 0.360. The van der Waals surface area contributed by atoms with E-state index < -0.39 is 0 Å². The average Bonchev–Trinajstić information content (AvgIpc) is 2.83. The number of methoxy groups -OCH3 is 1. The molecule has 1 saturated heterocycles. The van der Waals surface area contributed by atoms with Gasteiger partial charge < -0.3 is 14.5 Å². The molecule has 1 amide bonds. The lowest BCUT2D eigenvalue weighted by atomic mass is 9.93. The van der Waals surface area contributed by atoms with Crippen LogP contribution in [0.15, 0.2) is 48.9 Å². The molecule has 1 fully saturated rings. The van der Waals surface area contributed by atoms with Crippen molar-refractivity contribution in [2.75, 3.05) is 32.6 Å². The Hall–Kier alpha value is -3.48. The van der Waals surface area contributed by atoms with Crippen molar-refractivity contribution < 1.29 is 9.53 Å². The number of rotatable bonds is 5. The maximum atomic E-state index is 13.8.